The fourth-order valence-electron chi connectivity index (χ4n) is 4.68. The highest BCUT2D eigenvalue weighted by molar-refractivity contribution is 7.81. The first kappa shape index (κ1) is 49.1. The lowest BCUT2D eigenvalue weighted by atomic mass is 10.0. The largest absolute Gasteiger partial charge is 0.399 e. The summed E-state index contributed by atoms with van der Waals surface area (Å²) in [4.78, 5) is 20.2. The monoisotopic (exact) mass is 638 g/mol. The Balaban J connectivity index is -0.000000279. The van der Waals surface area contributed by atoms with Crippen LogP contribution in [0.1, 0.15) is 201 Å². The molecular weight excluding hydrogens is 562 g/mol. The van der Waals surface area contributed by atoms with E-state index >= 15 is 0 Å². The average Bonchev–Trinajstić information content (AvgIpc) is 2.98. The number of hydrogen-bond donors (Lipinski definition) is 1. The summed E-state index contributed by atoms with van der Waals surface area (Å²) < 4.78 is 28.4. The van der Waals surface area contributed by atoms with E-state index < -0.39 is 10.4 Å². The molecule has 0 saturated heterocycles. The van der Waals surface area contributed by atoms with Gasteiger partial charge in [0.25, 0.3) is 0 Å². The molecule has 0 heterocycles. The van der Waals surface area contributed by atoms with Crippen LogP contribution in [0.5, 0.6) is 0 Å². The Morgan fingerprint density at radius 1 is 0.442 bits per heavy atom. The van der Waals surface area contributed by atoms with Crippen LogP contribution in [-0.4, -0.2) is 34.7 Å². The van der Waals surface area contributed by atoms with Crippen LogP contribution < -0.4 is 6.15 Å². The van der Waals surface area contributed by atoms with Crippen molar-refractivity contribution >= 4 is 23.0 Å². The van der Waals surface area contributed by atoms with E-state index in [1.807, 2.05) is 0 Å². The number of rotatable bonds is 31. The van der Waals surface area contributed by atoms with E-state index in [2.05, 4.69) is 22.2 Å². The van der Waals surface area contributed by atoms with Crippen molar-refractivity contribution in [2.24, 2.45) is 0 Å². The van der Waals surface area contributed by atoms with Gasteiger partial charge in [-0.2, -0.15) is 8.42 Å². The van der Waals surface area contributed by atoms with Gasteiger partial charge in [-0.1, -0.05) is 168 Å². The number of aldehydes is 2. The van der Waals surface area contributed by atoms with Crippen molar-refractivity contribution in [2.75, 3.05) is 13.7 Å². The van der Waals surface area contributed by atoms with Crippen LogP contribution >= 0.6 is 0 Å². The quantitative estimate of drug-likeness (QED) is 0.0592. The molecule has 3 N–H and O–H groups in total. The molecule has 0 aliphatic carbocycles. The van der Waals surface area contributed by atoms with Crippen LogP contribution in [0.25, 0.3) is 0 Å². The average molecular weight is 638 g/mol. The third kappa shape index (κ3) is 54.1. The Morgan fingerprint density at radius 2 is 0.674 bits per heavy atom. The van der Waals surface area contributed by atoms with Gasteiger partial charge >= 0.3 is 10.4 Å². The molecule has 262 valence electrons. The second-order valence-electron chi connectivity index (χ2n) is 11.4. The fourth-order valence-corrected chi connectivity index (χ4v) is 5.07. The van der Waals surface area contributed by atoms with Crippen LogP contribution in [-0.2, 0) is 28.4 Å². The van der Waals surface area contributed by atoms with Gasteiger partial charge in [-0.25, -0.2) is 4.18 Å². The molecule has 7 nitrogen and oxygen atoms in total. The molecule has 0 aromatic heterocycles. The van der Waals surface area contributed by atoms with E-state index in [1.54, 1.807) is 6.92 Å². The number of unbranched alkanes of at least 4 members (excludes halogenated alkanes) is 26. The predicted octanol–water partition coefficient (Wildman–Crippen LogP) is 11.4. The van der Waals surface area contributed by atoms with Gasteiger partial charge in [-0.3, -0.25) is 4.18 Å². The number of carbonyl (C=O) groups excluding carboxylic acids is 2. The normalized spacial score (nSPS) is 10.6. The Labute approximate surface area is 269 Å². The first-order chi connectivity index (χ1) is 20.4. The SMILES string of the molecule is CCCCCCCCCCCCCCCC=O.CCCCCCCCCCCCCCCC=O.CCOS(=O)(=O)OC.N. The van der Waals surface area contributed by atoms with Crippen LogP contribution in [0.15, 0.2) is 0 Å². The van der Waals surface area contributed by atoms with Crippen molar-refractivity contribution in [1.29, 1.82) is 0 Å². The lowest BCUT2D eigenvalue weighted by Gasteiger charge is -2.02. The fraction of sp³-hybridized carbons (Fsp3) is 0.943. The third-order valence-electron chi connectivity index (χ3n) is 7.32. The van der Waals surface area contributed by atoms with Gasteiger partial charge in [-0.15, -0.1) is 0 Å². The third-order valence-corrected chi connectivity index (χ3v) is 8.25. The standard InChI is InChI=1S/2C16H32O.C3H8O4S.H3N/c2*1-2-3-4-5-6-7-8-9-10-11-12-13-14-15-16-17;1-3-7-8(4,5)6-2;/h2*16H,2-15H2,1H3;3H2,1-2H3;1H3. The van der Waals surface area contributed by atoms with Crippen LogP contribution in [0.3, 0.4) is 0 Å². The van der Waals surface area contributed by atoms with Gasteiger partial charge in [0, 0.05) is 12.8 Å². The second kappa shape index (κ2) is 45.6. The zero-order valence-corrected chi connectivity index (χ0v) is 30.0. The Kier molecular flexibility index (Phi) is 52.0. The molecule has 43 heavy (non-hydrogen) atoms. The van der Waals surface area contributed by atoms with Crippen LogP contribution in [0, 0.1) is 0 Å². The highest BCUT2D eigenvalue weighted by atomic mass is 32.3. The number of carbonyl (C=O) groups is 2. The molecule has 0 aromatic carbocycles. The molecule has 0 bridgehead atoms. The van der Waals surface area contributed by atoms with E-state index in [1.165, 1.54) is 154 Å². The molecule has 0 saturated carbocycles. The van der Waals surface area contributed by atoms with Gasteiger partial charge in [0.1, 0.15) is 12.6 Å². The molecule has 0 aliphatic rings. The van der Waals surface area contributed by atoms with Gasteiger partial charge in [-0.05, 0) is 19.8 Å². The maximum absolute atomic E-state index is 10.2. The summed E-state index contributed by atoms with van der Waals surface area (Å²) in [5.41, 5.74) is 0. The molecule has 0 rings (SSSR count). The zero-order chi connectivity index (χ0) is 31.8. The van der Waals surface area contributed by atoms with Crippen molar-refractivity contribution in [3.05, 3.63) is 0 Å². The summed E-state index contributed by atoms with van der Waals surface area (Å²) in [5, 5.41) is 0. The summed E-state index contributed by atoms with van der Waals surface area (Å²) in [6, 6.07) is 0. The van der Waals surface area contributed by atoms with Gasteiger partial charge in [0.2, 0.25) is 0 Å². The summed E-state index contributed by atoms with van der Waals surface area (Å²) in [6.07, 6.45) is 39.2. The first-order valence-electron chi connectivity index (χ1n) is 17.8. The highest BCUT2D eigenvalue weighted by Gasteiger charge is 2.04. The minimum atomic E-state index is -3.67. The maximum atomic E-state index is 10.2. The van der Waals surface area contributed by atoms with Crippen molar-refractivity contribution < 1.29 is 26.4 Å². The van der Waals surface area contributed by atoms with E-state index in [4.69, 9.17) is 0 Å². The molecule has 0 atom stereocenters. The lowest BCUT2D eigenvalue weighted by molar-refractivity contribution is -0.108. The molecule has 0 unspecified atom stereocenters. The summed E-state index contributed by atoms with van der Waals surface area (Å²) >= 11 is 0. The molecule has 8 heteroatoms. The molecule has 0 amide bonds. The molecule has 0 aromatic rings. The van der Waals surface area contributed by atoms with E-state index in [0.29, 0.717) is 0 Å². The van der Waals surface area contributed by atoms with Crippen molar-refractivity contribution in [2.45, 2.75) is 201 Å². The Bertz CT molecular complexity index is 567. The zero-order valence-electron chi connectivity index (χ0n) is 29.2. The van der Waals surface area contributed by atoms with Crippen LogP contribution in [0.4, 0.5) is 0 Å². The Hall–Kier alpha value is -0.830. The van der Waals surface area contributed by atoms with E-state index in [9.17, 15) is 18.0 Å². The predicted molar refractivity (Wildman–Crippen MR) is 185 cm³/mol. The maximum Gasteiger partial charge on any atom is 0.399 e. The van der Waals surface area contributed by atoms with Gasteiger partial charge in [0.15, 0.2) is 0 Å². The summed E-state index contributed by atoms with van der Waals surface area (Å²) in [7, 11) is -2.62. The summed E-state index contributed by atoms with van der Waals surface area (Å²) in [5.74, 6) is 0. The molecule has 0 radical (unpaired) electrons. The van der Waals surface area contributed by atoms with Gasteiger partial charge < -0.3 is 15.7 Å². The van der Waals surface area contributed by atoms with Crippen LogP contribution in [0.2, 0.25) is 0 Å². The molecule has 0 aliphatic heterocycles. The lowest BCUT2D eigenvalue weighted by Crippen LogP contribution is -2.06. The van der Waals surface area contributed by atoms with E-state index in [-0.39, 0.29) is 12.8 Å². The minimum absolute atomic E-state index is 0. The molecule has 0 spiro atoms. The topological polar surface area (TPSA) is 122 Å². The van der Waals surface area contributed by atoms with Gasteiger partial charge in [0.05, 0.1) is 13.7 Å². The smallest absolute Gasteiger partial charge is 0.344 e. The number of hydrogen-bond acceptors (Lipinski definition) is 7. The van der Waals surface area contributed by atoms with Crippen molar-refractivity contribution in [3.63, 3.8) is 0 Å². The highest BCUT2D eigenvalue weighted by Crippen LogP contribution is 2.14. The van der Waals surface area contributed by atoms with Crippen molar-refractivity contribution in [1.82, 2.24) is 6.15 Å². The second-order valence-corrected chi connectivity index (χ2v) is 12.8. The minimum Gasteiger partial charge on any atom is -0.344 e. The molecule has 0 fully saturated rings. The summed E-state index contributed by atoms with van der Waals surface area (Å²) in [6.45, 7) is 6.22. The Morgan fingerprint density at radius 3 is 0.837 bits per heavy atom. The van der Waals surface area contributed by atoms with E-state index in [0.717, 1.165) is 45.4 Å². The molecular formula is C35H75NO6S. The van der Waals surface area contributed by atoms with Crippen molar-refractivity contribution in [3.8, 4) is 0 Å². The first-order valence-corrected chi connectivity index (χ1v) is 19.1.